The maximum absolute atomic E-state index is 13.1. The molecule has 0 saturated carbocycles. The minimum Gasteiger partial charge on any atom is -0.378 e. The summed E-state index contributed by atoms with van der Waals surface area (Å²) in [4.78, 5) is 42.4. The molecule has 8 nitrogen and oxygen atoms in total. The number of ether oxygens (including phenoxy) is 1. The van der Waals surface area contributed by atoms with Crippen LogP contribution in [-0.2, 0) is 16.1 Å². The molecule has 1 fully saturated rings. The summed E-state index contributed by atoms with van der Waals surface area (Å²) in [7, 11) is 0. The summed E-state index contributed by atoms with van der Waals surface area (Å²) in [5.74, 6) is -0.780. The molecule has 2 heterocycles. The topological polar surface area (TPSA) is 83.9 Å². The fourth-order valence-corrected chi connectivity index (χ4v) is 4.05. The van der Waals surface area contributed by atoms with E-state index in [1.54, 1.807) is 19.2 Å². The summed E-state index contributed by atoms with van der Waals surface area (Å²) >= 11 is 0. The average Bonchev–Trinajstić information content (AvgIpc) is 2.90. The number of hydrogen-bond acceptors (Lipinski definition) is 5. The third kappa shape index (κ3) is 6.16. The second-order valence-corrected chi connectivity index (χ2v) is 8.35. The molecule has 2 amide bonds. The van der Waals surface area contributed by atoms with Crippen molar-refractivity contribution in [1.29, 1.82) is 0 Å². The molecule has 1 N–H and O–H groups in total. The third-order valence-electron chi connectivity index (χ3n) is 5.98. The standard InChI is InChI=1S/C27H30N4O4/c1-2-29(20-25(32)28-22-10-12-23(13-11-22)30-15-17-35-18-16-30)26(33)24-9-6-14-31(27(24)34)19-21-7-4-3-5-8-21/h3-14H,2,15-20H2,1H3,(H,28,32). The van der Waals surface area contributed by atoms with E-state index in [0.29, 0.717) is 32.0 Å². The number of carbonyl (C=O) groups excluding carboxylic acids is 2. The Labute approximate surface area is 204 Å². The van der Waals surface area contributed by atoms with Crippen LogP contribution in [0.5, 0.6) is 0 Å². The number of rotatable bonds is 8. The number of amides is 2. The van der Waals surface area contributed by atoms with Crippen LogP contribution in [0.4, 0.5) is 11.4 Å². The van der Waals surface area contributed by atoms with E-state index in [1.807, 2.05) is 54.6 Å². The zero-order chi connectivity index (χ0) is 24.6. The molecule has 4 rings (SSSR count). The Morgan fingerprint density at radius 2 is 1.69 bits per heavy atom. The molecule has 0 bridgehead atoms. The molecule has 2 aromatic carbocycles. The van der Waals surface area contributed by atoms with Gasteiger partial charge in [-0.1, -0.05) is 30.3 Å². The van der Waals surface area contributed by atoms with Gasteiger partial charge in [0.2, 0.25) is 5.91 Å². The molecule has 0 unspecified atom stereocenters. The predicted molar refractivity (Wildman–Crippen MR) is 136 cm³/mol. The van der Waals surface area contributed by atoms with E-state index in [-0.39, 0.29) is 23.6 Å². The molecule has 1 aliphatic heterocycles. The van der Waals surface area contributed by atoms with Crippen molar-refractivity contribution in [1.82, 2.24) is 9.47 Å². The van der Waals surface area contributed by atoms with Gasteiger partial charge in [-0.05, 0) is 48.9 Å². The number of carbonyl (C=O) groups is 2. The number of morpholine rings is 1. The van der Waals surface area contributed by atoms with Crippen molar-refractivity contribution in [3.8, 4) is 0 Å². The van der Waals surface area contributed by atoms with Crippen LogP contribution < -0.4 is 15.8 Å². The first-order valence-electron chi connectivity index (χ1n) is 11.8. The van der Waals surface area contributed by atoms with Gasteiger partial charge < -0.3 is 24.4 Å². The van der Waals surface area contributed by atoms with Gasteiger partial charge in [-0.25, -0.2) is 0 Å². The normalized spacial score (nSPS) is 13.3. The van der Waals surface area contributed by atoms with Crippen LogP contribution in [0.2, 0.25) is 0 Å². The van der Waals surface area contributed by atoms with E-state index in [2.05, 4.69) is 10.2 Å². The Hall–Kier alpha value is -3.91. The van der Waals surface area contributed by atoms with E-state index in [1.165, 1.54) is 15.5 Å². The summed E-state index contributed by atoms with van der Waals surface area (Å²) < 4.78 is 6.89. The molecule has 0 radical (unpaired) electrons. The van der Waals surface area contributed by atoms with Crippen LogP contribution in [0.25, 0.3) is 0 Å². The number of pyridine rings is 1. The second kappa shape index (κ2) is 11.5. The second-order valence-electron chi connectivity index (χ2n) is 8.35. The zero-order valence-electron chi connectivity index (χ0n) is 19.9. The molecular formula is C27H30N4O4. The van der Waals surface area contributed by atoms with Crippen molar-refractivity contribution >= 4 is 23.2 Å². The predicted octanol–water partition coefficient (Wildman–Crippen LogP) is 2.83. The highest BCUT2D eigenvalue weighted by molar-refractivity contribution is 5.99. The lowest BCUT2D eigenvalue weighted by Crippen LogP contribution is -2.41. The SMILES string of the molecule is CCN(CC(=O)Nc1ccc(N2CCOCC2)cc1)C(=O)c1cccn(Cc2ccccc2)c1=O. The van der Waals surface area contributed by atoms with Gasteiger partial charge >= 0.3 is 0 Å². The van der Waals surface area contributed by atoms with Crippen LogP contribution >= 0.6 is 0 Å². The third-order valence-corrected chi connectivity index (χ3v) is 5.98. The molecule has 3 aromatic rings. The fraction of sp³-hybridized carbons (Fsp3) is 0.296. The summed E-state index contributed by atoms with van der Waals surface area (Å²) in [6.07, 6.45) is 1.66. The molecule has 0 aliphatic carbocycles. The quantitative estimate of drug-likeness (QED) is 0.543. The Morgan fingerprint density at radius 1 is 0.971 bits per heavy atom. The summed E-state index contributed by atoms with van der Waals surface area (Å²) in [5.41, 5.74) is 2.37. The highest BCUT2D eigenvalue weighted by Gasteiger charge is 2.21. The first kappa shape index (κ1) is 24.2. The summed E-state index contributed by atoms with van der Waals surface area (Å²) in [6.45, 7) is 5.40. The molecule has 1 aromatic heterocycles. The van der Waals surface area contributed by atoms with E-state index in [0.717, 1.165) is 24.3 Å². The van der Waals surface area contributed by atoms with Crippen LogP contribution in [-0.4, -0.2) is 60.7 Å². The molecule has 0 spiro atoms. The number of nitrogens with one attached hydrogen (secondary N) is 1. The molecular weight excluding hydrogens is 444 g/mol. The summed E-state index contributed by atoms with van der Waals surface area (Å²) in [6, 6.07) is 20.4. The Bertz CT molecular complexity index is 1200. The highest BCUT2D eigenvalue weighted by atomic mass is 16.5. The van der Waals surface area contributed by atoms with Gasteiger partial charge in [0.05, 0.1) is 19.8 Å². The van der Waals surface area contributed by atoms with E-state index >= 15 is 0 Å². The fourth-order valence-electron chi connectivity index (χ4n) is 4.05. The Morgan fingerprint density at radius 3 is 2.37 bits per heavy atom. The molecule has 8 heteroatoms. The highest BCUT2D eigenvalue weighted by Crippen LogP contribution is 2.19. The van der Waals surface area contributed by atoms with Crippen molar-refractivity contribution in [2.75, 3.05) is 49.6 Å². The van der Waals surface area contributed by atoms with Crippen LogP contribution in [0, 0.1) is 0 Å². The van der Waals surface area contributed by atoms with E-state index in [9.17, 15) is 14.4 Å². The van der Waals surface area contributed by atoms with Crippen LogP contribution in [0.3, 0.4) is 0 Å². The first-order valence-corrected chi connectivity index (χ1v) is 11.8. The number of aromatic nitrogens is 1. The van der Waals surface area contributed by atoms with Crippen LogP contribution in [0.15, 0.2) is 77.7 Å². The maximum atomic E-state index is 13.1. The largest absolute Gasteiger partial charge is 0.378 e. The average molecular weight is 475 g/mol. The lowest BCUT2D eigenvalue weighted by Gasteiger charge is -2.29. The first-order chi connectivity index (χ1) is 17.0. The van der Waals surface area contributed by atoms with Gasteiger partial charge in [-0.3, -0.25) is 14.4 Å². The summed E-state index contributed by atoms with van der Waals surface area (Å²) in [5, 5.41) is 2.84. The lowest BCUT2D eigenvalue weighted by atomic mass is 10.2. The Balaban J connectivity index is 1.40. The van der Waals surface area contributed by atoms with Gasteiger partial charge in [-0.15, -0.1) is 0 Å². The van der Waals surface area contributed by atoms with Gasteiger partial charge in [-0.2, -0.15) is 0 Å². The molecule has 182 valence electrons. The number of benzene rings is 2. The maximum Gasteiger partial charge on any atom is 0.263 e. The molecule has 1 saturated heterocycles. The van der Waals surface area contributed by atoms with Crippen molar-refractivity contribution in [2.45, 2.75) is 13.5 Å². The van der Waals surface area contributed by atoms with Gasteiger partial charge in [0.1, 0.15) is 12.1 Å². The molecule has 1 aliphatic rings. The minimum absolute atomic E-state index is 0.0490. The smallest absolute Gasteiger partial charge is 0.263 e. The Kier molecular flexibility index (Phi) is 7.95. The van der Waals surface area contributed by atoms with Gasteiger partial charge in [0.15, 0.2) is 0 Å². The lowest BCUT2D eigenvalue weighted by molar-refractivity contribution is -0.116. The molecule has 0 atom stereocenters. The number of nitrogens with zero attached hydrogens (tertiary/aromatic N) is 3. The number of likely N-dealkylation sites (N-methyl/N-ethyl adjacent to an activating group) is 1. The zero-order valence-corrected chi connectivity index (χ0v) is 19.9. The van der Waals surface area contributed by atoms with Crippen molar-refractivity contribution in [2.24, 2.45) is 0 Å². The van der Waals surface area contributed by atoms with Crippen molar-refractivity contribution in [3.63, 3.8) is 0 Å². The van der Waals surface area contributed by atoms with Crippen molar-refractivity contribution < 1.29 is 14.3 Å². The van der Waals surface area contributed by atoms with E-state index < -0.39 is 5.91 Å². The number of hydrogen-bond donors (Lipinski definition) is 1. The van der Waals surface area contributed by atoms with Gasteiger partial charge in [0.25, 0.3) is 11.5 Å². The van der Waals surface area contributed by atoms with Crippen LogP contribution in [0.1, 0.15) is 22.8 Å². The molecule has 35 heavy (non-hydrogen) atoms. The monoisotopic (exact) mass is 474 g/mol. The number of anilines is 2. The van der Waals surface area contributed by atoms with Crippen molar-refractivity contribution in [3.05, 3.63) is 94.4 Å². The van der Waals surface area contributed by atoms with E-state index in [4.69, 9.17) is 4.74 Å². The van der Waals surface area contributed by atoms with Gasteiger partial charge in [0, 0.05) is 37.2 Å². The minimum atomic E-state index is -0.460.